The monoisotopic (exact) mass is 327 g/mol. The van der Waals surface area contributed by atoms with Crippen molar-refractivity contribution in [1.82, 2.24) is 15.0 Å². The van der Waals surface area contributed by atoms with Crippen LogP contribution in [0.25, 0.3) is 0 Å². The van der Waals surface area contributed by atoms with Gasteiger partial charge in [-0.25, -0.2) is 0 Å². The van der Waals surface area contributed by atoms with E-state index in [9.17, 15) is 4.79 Å². The lowest BCUT2D eigenvalue weighted by Crippen LogP contribution is -2.49. The highest BCUT2D eigenvalue weighted by molar-refractivity contribution is 5.92. The molecule has 1 aromatic heterocycles. The number of carbonyl (C=O) groups excluding carboxylic acids is 1. The zero-order valence-corrected chi connectivity index (χ0v) is 14.4. The molecule has 2 aromatic rings. The molecule has 1 aromatic carbocycles. The Hall–Kier alpha value is -2.14. The summed E-state index contributed by atoms with van der Waals surface area (Å²) in [6.45, 7) is 8.41. The number of hydrogen-bond acceptors (Lipinski definition) is 4. The molecule has 1 fully saturated rings. The standard InChI is InChI=1S/C19H25N3O2/c1-15(2)18-14-17(20-24-18)19(23)22-12-10-21(11-13-22)9-8-16-6-4-3-5-7-16/h3-7,14-15H,8-13H2,1-2H3. The van der Waals surface area contributed by atoms with Gasteiger partial charge in [0.15, 0.2) is 5.69 Å². The lowest BCUT2D eigenvalue weighted by molar-refractivity contribution is 0.0628. The Morgan fingerprint density at radius 2 is 1.88 bits per heavy atom. The molecule has 5 heteroatoms. The maximum atomic E-state index is 12.5. The van der Waals surface area contributed by atoms with E-state index < -0.39 is 0 Å². The minimum absolute atomic E-state index is 0.0200. The molecule has 0 aliphatic carbocycles. The lowest BCUT2D eigenvalue weighted by atomic mass is 10.1. The van der Waals surface area contributed by atoms with Crippen molar-refractivity contribution in [2.45, 2.75) is 26.2 Å². The SMILES string of the molecule is CC(C)c1cc(C(=O)N2CCN(CCc3ccccc3)CC2)no1. The van der Waals surface area contributed by atoms with Gasteiger partial charge in [0.05, 0.1) is 0 Å². The fraction of sp³-hybridized carbons (Fsp3) is 0.474. The minimum atomic E-state index is -0.0200. The first-order valence-corrected chi connectivity index (χ1v) is 8.65. The van der Waals surface area contributed by atoms with Crippen molar-refractivity contribution in [3.8, 4) is 0 Å². The van der Waals surface area contributed by atoms with Crippen molar-refractivity contribution < 1.29 is 9.32 Å². The van der Waals surface area contributed by atoms with Crippen LogP contribution in [0.1, 0.15) is 41.6 Å². The third-order valence-corrected chi connectivity index (χ3v) is 4.54. The van der Waals surface area contributed by atoms with Gasteiger partial charge in [0.25, 0.3) is 5.91 Å². The van der Waals surface area contributed by atoms with E-state index in [2.05, 4.69) is 34.3 Å². The van der Waals surface area contributed by atoms with E-state index in [1.165, 1.54) is 5.56 Å². The van der Waals surface area contributed by atoms with E-state index in [-0.39, 0.29) is 11.8 Å². The molecule has 0 spiro atoms. The first-order chi connectivity index (χ1) is 11.6. The van der Waals surface area contributed by atoms with Gasteiger partial charge in [0.2, 0.25) is 0 Å². The molecule has 0 N–H and O–H groups in total. The maximum Gasteiger partial charge on any atom is 0.276 e. The average Bonchev–Trinajstić information content (AvgIpc) is 3.11. The Kier molecular flexibility index (Phi) is 5.30. The first kappa shape index (κ1) is 16.7. The van der Waals surface area contributed by atoms with E-state index in [4.69, 9.17) is 4.52 Å². The molecule has 0 saturated carbocycles. The topological polar surface area (TPSA) is 49.6 Å². The van der Waals surface area contributed by atoms with Crippen LogP contribution in [-0.2, 0) is 6.42 Å². The molecule has 3 rings (SSSR count). The van der Waals surface area contributed by atoms with Gasteiger partial charge in [-0.05, 0) is 12.0 Å². The van der Waals surface area contributed by atoms with Gasteiger partial charge in [-0.15, -0.1) is 0 Å². The summed E-state index contributed by atoms with van der Waals surface area (Å²) in [6, 6.07) is 12.3. The number of aromatic nitrogens is 1. The molecule has 1 aliphatic heterocycles. The molecule has 2 heterocycles. The Morgan fingerprint density at radius 3 is 2.50 bits per heavy atom. The molecule has 0 unspecified atom stereocenters. The van der Waals surface area contributed by atoms with Gasteiger partial charge in [-0.3, -0.25) is 9.69 Å². The molecule has 0 atom stereocenters. The summed E-state index contributed by atoms with van der Waals surface area (Å²) in [5.74, 6) is 0.988. The van der Waals surface area contributed by atoms with Gasteiger partial charge >= 0.3 is 0 Å². The van der Waals surface area contributed by atoms with Crippen LogP contribution in [0.5, 0.6) is 0 Å². The predicted octanol–water partition coefficient (Wildman–Crippen LogP) is 2.80. The molecule has 5 nitrogen and oxygen atoms in total. The molecule has 0 bridgehead atoms. The summed E-state index contributed by atoms with van der Waals surface area (Å²) in [5, 5.41) is 3.93. The molecule has 1 aliphatic rings. The zero-order chi connectivity index (χ0) is 16.9. The molecular formula is C19H25N3O2. The Morgan fingerprint density at radius 1 is 1.17 bits per heavy atom. The smallest absolute Gasteiger partial charge is 0.276 e. The number of carbonyl (C=O) groups is 1. The number of amides is 1. The van der Waals surface area contributed by atoms with Crippen molar-refractivity contribution in [2.24, 2.45) is 0 Å². The normalized spacial score (nSPS) is 15.9. The molecule has 1 saturated heterocycles. The highest BCUT2D eigenvalue weighted by atomic mass is 16.5. The highest BCUT2D eigenvalue weighted by Crippen LogP contribution is 2.17. The van der Waals surface area contributed by atoms with Crippen molar-refractivity contribution >= 4 is 5.91 Å². The van der Waals surface area contributed by atoms with Crippen molar-refractivity contribution in [2.75, 3.05) is 32.7 Å². The molecule has 0 radical (unpaired) electrons. The van der Waals surface area contributed by atoms with Crippen LogP contribution < -0.4 is 0 Å². The van der Waals surface area contributed by atoms with Crippen LogP contribution in [0, 0.1) is 0 Å². The Balaban J connectivity index is 1.48. The largest absolute Gasteiger partial charge is 0.360 e. The zero-order valence-electron chi connectivity index (χ0n) is 14.4. The summed E-state index contributed by atoms with van der Waals surface area (Å²) in [6.07, 6.45) is 1.05. The van der Waals surface area contributed by atoms with Crippen LogP contribution in [0.4, 0.5) is 0 Å². The summed E-state index contributed by atoms with van der Waals surface area (Å²) in [7, 11) is 0. The fourth-order valence-electron chi connectivity index (χ4n) is 2.93. The van der Waals surface area contributed by atoms with Crippen LogP contribution in [-0.4, -0.2) is 53.6 Å². The van der Waals surface area contributed by atoms with Gasteiger partial charge < -0.3 is 9.42 Å². The summed E-state index contributed by atoms with van der Waals surface area (Å²) < 4.78 is 5.24. The fourth-order valence-corrected chi connectivity index (χ4v) is 2.93. The number of nitrogens with zero attached hydrogens (tertiary/aromatic N) is 3. The number of benzene rings is 1. The number of hydrogen-bond donors (Lipinski definition) is 0. The van der Waals surface area contributed by atoms with Gasteiger partial charge in [-0.2, -0.15) is 0 Å². The van der Waals surface area contributed by atoms with Gasteiger partial charge in [-0.1, -0.05) is 49.3 Å². The minimum Gasteiger partial charge on any atom is -0.360 e. The quantitative estimate of drug-likeness (QED) is 0.847. The first-order valence-electron chi connectivity index (χ1n) is 8.65. The summed E-state index contributed by atoms with van der Waals surface area (Å²) in [4.78, 5) is 16.8. The maximum absolute atomic E-state index is 12.5. The third kappa shape index (κ3) is 4.03. The van der Waals surface area contributed by atoms with Crippen molar-refractivity contribution in [1.29, 1.82) is 0 Å². The number of piperazine rings is 1. The van der Waals surface area contributed by atoms with Gasteiger partial charge in [0.1, 0.15) is 5.76 Å². The third-order valence-electron chi connectivity index (χ3n) is 4.54. The molecular weight excluding hydrogens is 302 g/mol. The van der Waals surface area contributed by atoms with Crippen LogP contribution in [0.2, 0.25) is 0 Å². The van der Waals surface area contributed by atoms with E-state index >= 15 is 0 Å². The second-order valence-electron chi connectivity index (χ2n) is 6.64. The van der Waals surface area contributed by atoms with Crippen molar-refractivity contribution in [3.05, 3.63) is 53.4 Å². The highest BCUT2D eigenvalue weighted by Gasteiger charge is 2.24. The Labute approximate surface area is 143 Å². The second-order valence-corrected chi connectivity index (χ2v) is 6.64. The second kappa shape index (κ2) is 7.62. The lowest BCUT2D eigenvalue weighted by Gasteiger charge is -2.34. The average molecular weight is 327 g/mol. The summed E-state index contributed by atoms with van der Waals surface area (Å²) >= 11 is 0. The van der Waals surface area contributed by atoms with E-state index in [1.54, 1.807) is 6.07 Å². The van der Waals surface area contributed by atoms with E-state index in [1.807, 2.05) is 24.8 Å². The van der Waals surface area contributed by atoms with Crippen LogP contribution in [0.15, 0.2) is 40.9 Å². The van der Waals surface area contributed by atoms with Crippen LogP contribution >= 0.6 is 0 Å². The summed E-state index contributed by atoms with van der Waals surface area (Å²) in [5.41, 5.74) is 1.79. The van der Waals surface area contributed by atoms with E-state index in [0.29, 0.717) is 5.69 Å². The molecule has 1 amide bonds. The van der Waals surface area contributed by atoms with E-state index in [0.717, 1.165) is 44.9 Å². The van der Waals surface area contributed by atoms with Crippen molar-refractivity contribution in [3.63, 3.8) is 0 Å². The Bertz CT molecular complexity index is 658. The number of rotatable bonds is 5. The molecule has 24 heavy (non-hydrogen) atoms. The molecule has 128 valence electrons. The van der Waals surface area contributed by atoms with Crippen LogP contribution in [0.3, 0.4) is 0 Å². The predicted molar refractivity (Wildman–Crippen MR) is 93.1 cm³/mol. The van der Waals surface area contributed by atoms with Gasteiger partial charge in [0, 0.05) is 44.7 Å².